The number of nitrogens with zero attached hydrogens (tertiary/aromatic N) is 1. The zero-order valence-corrected chi connectivity index (χ0v) is 12.7. The summed E-state index contributed by atoms with van der Waals surface area (Å²) in [5.74, 6) is 0.733. The van der Waals surface area contributed by atoms with Gasteiger partial charge in [-0.25, -0.2) is 0 Å². The molecule has 0 radical (unpaired) electrons. The molecular weight excluding hydrogens is 264 g/mol. The van der Waals surface area contributed by atoms with E-state index in [1.807, 2.05) is 24.1 Å². The highest BCUT2D eigenvalue weighted by molar-refractivity contribution is 5.86. The maximum absolute atomic E-state index is 12.8. The van der Waals surface area contributed by atoms with E-state index in [0.29, 0.717) is 5.92 Å². The number of benzene rings is 1. The van der Waals surface area contributed by atoms with E-state index in [0.717, 1.165) is 50.4 Å². The third-order valence-corrected chi connectivity index (χ3v) is 4.55. The molecule has 4 nitrogen and oxygen atoms in total. The van der Waals surface area contributed by atoms with E-state index in [9.17, 15) is 4.79 Å². The number of hydrogen-bond acceptors (Lipinski definition) is 3. The summed E-state index contributed by atoms with van der Waals surface area (Å²) in [4.78, 5) is 14.7. The van der Waals surface area contributed by atoms with Crippen LogP contribution in [0.3, 0.4) is 0 Å². The molecule has 0 bridgehead atoms. The molecule has 114 valence electrons. The molecule has 1 saturated heterocycles. The van der Waals surface area contributed by atoms with Crippen LogP contribution in [-0.2, 0) is 9.53 Å². The van der Waals surface area contributed by atoms with Crippen LogP contribution in [0.15, 0.2) is 24.3 Å². The van der Waals surface area contributed by atoms with Gasteiger partial charge in [-0.2, -0.15) is 0 Å². The number of nitrogens with one attached hydrogen (secondary N) is 1. The highest BCUT2D eigenvalue weighted by Gasteiger charge is 2.29. The van der Waals surface area contributed by atoms with E-state index in [-0.39, 0.29) is 11.8 Å². The van der Waals surface area contributed by atoms with Crippen LogP contribution >= 0.6 is 0 Å². The molecule has 2 aliphatic heterocycles. The van der Waals surface area contributed by atoms with Crippen LogP contribution in [0.4, 0.5) is 5.69 Å². The van der Waals surface area contributed by atoms with E-state index >= 15 is 0 Å². The monoisotopic (exact) mass is 288 g/mol. The zero-order chi connectivity index (χ0) is 14.7. The van der Waals surface area contributed by atoms with Gasteiger partial charge in [0.25, 0.3) is 0 Å². The second-order valence-electron chi connectivity index (χ2n) is 6.16. The van der Waals surface area contributed by atoms with E-state index in [4.69, 9.17) is 4.74 Å². The number of likely N-dealkylation sites (N-methyl/N-ethyl adjacent to an activating group) is 1. The molecule has 21 heavy (non-hydrogen) atoms. The topological polar surface area (TPSA) is 41.6 Å². The van der Waals surface area contributed by atoms with E-state index in [1.54, 1.807) is 0 Å². The van der Waals surface area contributed by atoms with Crippen molar-refractivity contribution in [2.75, 3.05) is 38.7 Å². The van der Waals surface area contributed by atoms with Gasteiger partial charge in [-0.05, 0) is 36.8 Å². The van der Waals surface area contributed by atoms with Gasteiger partial charge in [0.05, 0.1) is 12.5 Å². The Morgan fingerprint density at radius 2 is 2.24 bits per heavy atom. The van der Waals surface area contributed by atoms with Crippen molar-refractivity contribution in [2.45, 2.75) is 25.2 Å². The molecule has 4 heteroatoms. The van der Waals surface area contributed by atoms with Crippen LogP contribution in [0.25, 0.3) is 0 Å². The summed E-state index contributed by atoms with van der Waals surface area (Å²) in [5.41, 5.74) is 2.25. The van der Waals surface area contributed by atoms with Crippen molar-refractivity contribution in [1.82, 2.24) is 4.90 Å². The van der Waals surface area contributed by atoms with Crippen molar-refractivity contribution in [2.24, 2.45) is 5.92 Å². The lowest BCUT2D eigenvalue weighted by Gasteiger charge is -2.32. The fourth-order valence-electron chi connectivity index (χ4n) is 3.42. The van der Waals surface area contributed by atoms with Crippen LogP contribution < -0.4 is 5.32 Å². The molecule has 3 rings (SSSR count). The molecule has 2 atom stereocenters. The lowest BCUT2D eigenvalue weighted by atomic mass is 9.89. The van der Waals surface area contributed by atoms with Gasteiger partial charge in [0.2, 0.25) is 5.91 Å². The Kier molecular flexibility index (Phi) is 4.44. The first-order chi connectivity index (χ1) is 10.3. The Bertz CT molecular complexity index is 497. The van der Waals surface area contributed by atoms with Crippen molar-refractivity contribution in [3.63, 3.8) is 0 Å². The molecule has 1 N–H and O–H groups in total. The summed E-state index contributed by atoms with van der Waals surface area (Å²) in [6, 6.07) is 8.16. The van der Waals surface area contributed by atoms with Crippen molar-refractivity contribution in [3.8, 4) is 0 Å². The predicted octanol–water partition coefficient (Wildman–Crippen LogP) is 2.47. The molecular formula is C17H24N2O2. The smallest absolute Gasteiger partial charge is 0.230 e. The molecule has 2 aliphatic rings. The number of fused-ring (bicyclic) bond motifs is 1. The lowest BCUT2D eigenvalue weighted by molar-refractivity contribution is -0.132. The standard InChI is InChI=1S/C17H24N2O2/c1-19(11-13-5-4-10-21-12-13)17(20)15-8-9-18-16-7-3-2-6-14(15)16/h2-3,6-7,13,15,18H,4-5,8-12H2,1H3. The highest BCUT2D eigenvalue weighted by Crippen LogP contribution is 2.32. The summed E-state index contributed by atoms with van der Waals surface area (Å²) in [5, 5.41) is 3.38. The number of hydrogen-bond donors (Lipinski definition) is 1. The average molecular weight is 288 g/mol. The molecule has 1 aromatic carbocycles. The van der Waals surface area contributed by atoms with E-state index in [2.05, 4.69) is 17.4 Å². The van der Waals surface area contributed by atoms with E-state index in [1.165, 1.54) is 6.42 Å². The van der Waals surface area contributed by atoms with Gasteiger partial charge in [0.1, 0.15) is 0 Å². The maximum Gasteiger partial charge on any atom is 0.230 e. The summed E-state index contributed by atoms with van der Waals surface area (Å²) in [6.45, 7) is 3.34. The number of carbonyl (C=O) groups is 1. The number of carbonyl (C=O) groups excluding carboxylic acids is 1. The normalized spacial score (nSPS) is 24.8. The van der Waals surface area contributed by atoms with Gasteiger partial charge < -0.3 is 15.0 Å². The second-order valence-corrected chi connectivity index (χ2v) is 6.16. The van der Waals surface area contributed by atoms with E-state index < -0.39 is 0 Å². The van der Waals surface area contributed by atoms with Gasteiger partial charge in [-0.15, -0.1) is 0 Å². The van der Waals surface area contributed by atoms with Crippen LogP contribution in [0.2, 0.25) is 0 Å². The number of rotatable bonds is 3. The number of para-hydroxylation sites is 1. The van der Waals surface area contributed by atoms with Gasteiger partial charge in [0, 0.05) is 32.4 Å². The predicted molar refractivity (Wildman–Crippen MR) is 83.5 cm³/mol. The minimum absolute atomic E-state index is 0.00282. The Labute approximate surface area is 126 Å². The first kappa shape index (κ1) is 14.4. The number of amides is 1. The average Bonchev–Trinajstić information content (AvgIpc) is 2.54. The lowest BCUT2D eigenvalue weighted by Crippen LogP contribution is -2.39. The third-order valence-electron chi connectivity index (χ3n) is 4.55. The largest absolute Gasteiger partial charge is 0.385 e. The second kappa shape index (κ2) is 6.48. The summed E-state index contributed by atoms with van der Waals surface area (Å²) in [6.07, 6.45) is 3.16. The molecule has 2 heterocycles. The van der Waals surface area contributed by atoms with Crippen LogP contribution in [0, 0.1) is 5.92 Å². The minimum atomic E-state index is -0.00282. The molecule has 1 amide bonds. The fraction of sp³-hybridized carbons (Fsp3) is 0.588. The molecule has 0 saturated carbocycles. The SMILES string of the molecule is CN(CC1CCCOC1)C(=O)C1CCNc2ccccc21. The summed E-state index contributed by atoms with van der Waals surface area (Å²) in [7, 11) is 1.93. The zero-order valence-electron chi connectivity index (χ0n) is 12.7. The van der Waals surface area contributed by atoms with Gasteiger partial charge >= 0.3 is 0 Å². The minimum Gasteiger partial charge on any atom is -0.385 e. The molecule has 0 spiro atoms. The third kappa shape index (κ3) is 3.21. The Morgan fingerprint density at radius 3 is 3.05 bits per heavy atom. The molecule has 1 aromatic rings. The van der Waals surface area contributed by atoms with Crippen molar-refractivity contribution >= 4 is 11.6 Å². The molecule has 0 aromatic heterocycles. The van der Waals surface area contributed by atoms with Gasteiger partial charge in [-0.3, -0.25) is 4.79 Å². The first-order valence-corrected chi connectivity index (χ1v) is 7.91. The maximum atomic E-state index is 12.8. The van der Waals surface area contributed by atoms with Crippen LogP contribution in [-0.4, -0.2) is 44.2 Å². The van der Waals surface area contributed by atoms with Gasteiger partial charge in [0.15, 0.2) is 0 Å². The molecule has 0 aliphatic carbocycles. The fourth-order valence-corrected chi connectivity index (χ4v) is 3.42. The first-order valence-electron chi connectivity index (χ1n) is 7.91. The number of ether oxygens (including phenoxy) is 1. The van der Waals surface area contributed by atoms with Crippen molar-refractivity contribution in [1.29, 1.82) is 0 Å². The van der Waals surface area contributed by atoms with Crippen molar-refractivity contribution < 1.29 is 9.53 Å². The molecule has 1 fully saturated rings. The Morgan fingerprint density at radius 1 is 1.38 bits per heavy atom. The van der Waals surface area contributed by atoms with Gasteiger partial charge in [-0.1, -0.05) is 18.2 Å². The summed E-state index contributed by atoms with van der Waals surface area (Å²) >= 11 is 0. The number of anilines is 1. The van der Waals surface area contributed by atoms with Crippen LogP contribution in [0.5, 0.6) is 0 Å². The highest BCUT2D eigenvalue weighted by atomic mass is 16.5. The van der Waals surface area contributed by atoms with Crippen LogP contribution in [0.1, 0.15) is 30.7 Å². The Balaban J connectivity index is 1.67. The van der Waals surface area contributed by atoms with Crippen molar-refractivity contribution in [3.05, 3.63) is 29.8 Å². The Hall–Kier alpha value is -1.55. The summed E-state index contributed by atoms with van der Waals surface area (Å²) < 4.78 is 5.52. The quantitative estimate of drug-likeness (QED) is 0.929. The molecule has 2 unspecified atom stereocenters.